The first-order valence-electron chi connectivity index (χ1n) is 8.10. The fourth-order valence-electron chi connectivity index (χ4n) is 3.18. The lowest BCUT2D eigenvalue weighted by Crippen LogP contribution is -2.36. The van der Waals surface area contributed by atoms with Gasteiger partial charge in [-0.05, 0) is 24.3 Å². The predicted octanol–water partition coefficient (Wildman–Crippen LogP) is 4.72. The molecule has 0 aliphatic carbocycles. The van der Waals surface area contributed by atoms with Gasteiger partial charge in [-0.2, -0.15) is 5.10 Å². The van der Waals surface area contributed by atoms with Crippen LogP contribution >= 0.6 is 23.2 Å². The van der Waals surface area contributed by atoms with Gasteiger partial charge in [0.15, 0.2) is 0 Å². The lowest BCUT2D eigenvalue weighted by Gasteiger charge is -2.27. The normalized spacial score (nSPS) is 13.6. The number of aromatic amines is 1. The average molecular weight is 390 g/mol. The van der Waals surface area contributed by atoms with Gasteiger partial charge in [-0.25, -0.2) is 4.39 Å². The van der Waals surface area contributed by atoms with Crippen LogP contribution < -0.4 is 0 Å². The second-order valence-electron chi connectivity index (χ2n) is 6.11. The molecule has 4 rings (SSSR count). The topological polar surface area (TPSA) is 49.0 Å². The van der Waals surface area contributed by atoms with E-state index < -0.39 is 11.7 Å². The van der Waals surface area contributed by atoms with Crippen LogP contribution in [-0.2, 0) is 13.0 Å². The number of nitrogens with zero attached hydrogens (tertiary/aromatic N) is 2. The zero-order valence-electron chi connectivity index (χ0n) is 13.6. The molecular weight excluding hydrogens is 376 g/mol. The number of hydrogen-bond donors (Lipinski definition) is 1. The van der Waals surface area contributed by atoms with E-state index in [4.69, 9.17) is 23.2 Å². The van der Waals surface area contributed by atoms with E-state index in [0.717, 1.165) is 22.5 Å². The molecule has 2 heterocycles. The van der Waals surface area contributed by atoms with Gasteiger partial charge in [0, 0.05) is 41.4 Å². The number of H-pyrrole nitrogens is 1. The van der Waals surface area contributed by atoms with E-state index in [0.29, 0.717) is 24.5 Å². The van der Waals surface area contributed by atoms with Gasteiger partial charge in [-0.15, -0.1) is 0 Å². The zero-order valence-corrected chi connectivity index (χ0v) is 15.1. The van der Waals surface area contributed by atoms with Crippen LogP contribution in [0.5, 0.6) is 0 Å². The summed E-state index contributed by atoms with van der Waals surface area (Å²) in [6.45, 7) is 0.812. The second-order valence-corrected chi connectivity index (χ2v) is 6.95. The van der Waals surface area contributed by atoms with Crippen molar-refractivity contribution in [1.82, 2.24) is 15.1 Å². The fraction of sp³-hybridized carbons (Fsp3) is 0.158. The Balaban J connectivity index is 1.67. The molecule has 0 fully saturated rings. The summed E-state index contributed by atoms with van der Waals surface area (Å²) in [5, 5.41) is 8.19. The number of rotatable bonds is 2. The Morgan fingerprint density at radius 3 is 2.65 bits per heavy atom. The number of benzene rings is 2. The molecule has 0 bridgehead atoms. The molecule has 26 heavy (non-hydrogen) atoms. The van der Waals surface area contributed by atoms with Crippen LogP contribution in [-0.4, -0.2) is 27.5 Å². The van der Waals surface area contributed by atoms with Crippen molar-refractivity contribution < 1.29 is 9.18 Å². The molecule has 1 amide bonds. The molecule has 3 aromatic rings. The van der Waals surface area contributed by atoms with Gasteiger partial charge in [0.2, 0.25) is 0 Å². The molecule has 1 N–H and O–H groups in total. The second kappa shape index (κ2) is 6.74. The van der Waals surface area contributed by atoms with Gasteiger partial charge < -0.3 is 4.90 Å². The van der Waals surface area contributed by atoms with Gasteiger partial charge in [0.1, 0.15) is 5.82 Å². The van der Waals surface area contributed by atoms with Crippen molar-refractivity contribution in [2.24, 2.45) is 0 Å². The first-order valence-corrected chi connectivity index (χ1v) is 8.85. The molecule has 0 radical (unpaired) electrons. The highest BCUT2D eigenvalue weighted by molar-refractivity contribution is 6.33. The number of hydrogen-bond acceptors (Lipinski definition) is 2. The van der Waals surface area contributed by atoms with E-state index in [1.54, 1.807) is 17.0 Å². The van der Waals surface area contributed by atoms with Crippen LogP contribution in [0, 0.1) is 5.82 Å². The Hall–Kier alpha value is -2.37. The van der Waals surface area contributed by atoms with Crippen molar-refractivity contribution in [2.75, 3.05) is 6.54 Å². The molecule has 0 spiro atoms. The Morgan fingerprint density at radius 1 is 1.15 bits per heavy atom. The lowest BCUT2D eigenvalue weighted by molar-refractivity contribution is 0.0730. The van der Waals surface area contributed by atoms with Crippen LogP contribution in [0.4, 0.5) is 4.39 Å². The first-order chi connectivity index (χ1) is 12.5. The van der Waals surface area contributed by atoms with E-state index >= 15 is 0 Å². The van der Waals surface area contributed by atoms with E-state index in [1.807, 2.05) is 12.1 Å². The summed E-state index contributed by atoms with van der Waals surface area (Å²) in [4.78, 5) is 14.4. The quantitative estimate of drug-likeness (QED) is 0.688. The summed E-state index contributed by atoms with van der Waals surface area (Å²) in [7, 11) is 0. The molecule has 132 valence electrons. The van der Waals surface area contributed by atoms with Crippen LogP contribution in [0.3, 0.4) is 0 Å². The van der Waals surface area contributed by atoms with Crippen molar-refractivity contribution in [2.45, 2.75) is 13.0 Å². The Labute approximate surface area is 159 Å². The number of carbonyl (C=O) groups excluding carboxylic acids is 1. The molecule has 1 aliphatic heterocycles. The van der Waals surface area contributed by atoms with Crippen molar-refractivity contribution >= 4 is 29.1 Å². The standard InChI is InChI=1S/C19H14Cl2FN3O/c20-12-6-4-11(5-7-12)18-13-10-25(9-8-16(13)23-24-18)19(26)17-14(21)2-1-3-15(17)22/h1-7H,8-10H2,(H,23,24). The fourth-order valence-corrected chi connectivity index (χ4v) is 3.55. The van der Waals surface area contributed by atoms with Gasteiger partial charge in [-0.1, -0.05) is 41.4 Å². The van der Waals surface area contributed by atoms with Crippen LogP contribution in [0.2, 0.25) is 10.0 Å². The number of fused-ring (bicyclic) bond motifs is 1. The zero-order chi connectivity index (χ0) is 18.3. The minimum absolute atomic E-state index is 0.0887. The molecule has 0 saturated heterocycles. The van der Waals surface area contributed by atoms with Crippen LogP contribution in [0.1, 0.15) is 21.6 Å². The Morgan fingerprint density at radius 2 is 1.92 bits per heavy atom. The van der Waals surface area contributed by atoms with Gasteiger partial charge in [-0.3, -0.25) is 9.89 Å². The predicted molar refractivity (Wildman–Crippen MR) is 98.9 cm³/mol. The summed E-state index contributed by atoms with van der Waals surface area (Å²) in [6.07, 6.45) is 0.619. The van der Waals surface area contributed by atoms with Gasteiger partial charge in [0.05, 0.1) is 16.3 Å². The number of amides is 1. The number of nitrogens with one attached hydrogen (secondary N) is 1. The SMILES string of the molecule is O=C(c1c(F)cccc1Cl)N1CCc2[nH]nc(-c3ccc(Cl)cc3)c2C1. The molecule has 0 unspecified atom stereocenters. The minimum atomic E-state index is -0.613. The number of halogens is 3. The van der Waals surface area contributed by atoms with Gasteiger partial charge in [0.25, 0.3) is 5.91 Å². The van der Waals surface area contributed by atoms with E-state index in [1.165, 1.54) is 18.2 Å². The average Bonchev–Trinajstić information content (AvgIpc) is 3.05. The molecule has 1 aliphatic rings. The summed E-state index contributed by atoms with van der Waals surface area (Å²) in [5.41, 5.74) is 3.51. The highest BCUT2D eigenvalue weighted by atomic mass is 35.5. The summed E-state index contributed by atoms with van der Waals surface area (Å²) in [5.74, 6) is -1.03. The maximum atomic E-state index is 14.1. The Bertz CT molecular complexity index is 965. The van der Waals surface area contributed by atoms with Gasteiger partial charge >= 0.3 is 0 Å². The third-order valence-electron chi connectivity index (χ3n) is 4.51. The number of carbonyl (C=O) groups is 1. The highest BCUT2D eigenvalue weighted by Crippen LogP contribution is 2.30. The molecular formula is C19H14Cl2FN3O. The molecule has 4 nitrogen and oxygen atoms in total. The first kappa shape index (κ1) is 17.1. The van der Waals surface area contributed by atoms with E-state index in [9.17, 15) is 9.18 Å². The monoisotopic (exact) mass is 389 g/mol. The third-order valence-corrected chi connectivity index (χ3v) is 5.08. The lowest BCUT2D eigenvalue weighted by atomic mass is 10.0. The van der Waals surface area contributed by atoms with E-state index in [2.05, 4.69) is 10.2 Å². The third kappa shape index (κ3) is 2.97. The van der Waals surface area contributed by atoms with E-state index in [-0.39, 0.29) is 10.6 Å². The molecule has 1 aromatic heterocycles. The van der Waals surface area contributed by atoms with Crippen molar-refractivity contribution in [3.63, 3.8) is 0 Å². The largest absolute Gasteiger partial charge is 0.334 e. The maximum absolute atomic E-state index is 14.1. The van der Waals surface area contributed by atoms with Crippen molar-refractivity contribution in [3.8, 4) is 11.3 Å². The summed E-state index contributed by atoms with van der Waals surface area (Å²) < 4.78 is 14.1. The Kier molecular flexibility index (Phi) is 4.42. The maximum Gasteiger partial charge on any atom is 0.258 e. The van der Waals surface area contributed by atoms with Crippen LogP contribution in [0.15, 0.2) is 42.5 Å². The summed E-state index contributed by atoms with van der Waals surface area (Å²) >= 11 is 12.0. The van der Waals surface area contributed by atoms with Crippen LogP contribution in [0.25, 0.3) is 11.3 Å². The van der Waals surface area contributed by atoms with Crippen molar-refractivity contribution in [1.29, 1.82) is 0 Å². The molecule has 2 aromatic carbocycles. The highest BCUT2D eigenvalue weighted by Gasteiger charge is 2.28. The molecule has 0 saturated carbocycles. The van der Waals surface area contributed by atoms with Crippen molar-refractivity contribution in [3.05, 3.63) is 75.1 Å². The summed E-state index contributed by atoms with van der Waals surface area (Å²) in [6, 6.07) is 11.6. The number of aromatic nitrogens is 2. The molecule has 7 heteroatoms. The minimum Gasteiger partial charge on any atom is -0.334 e. The smallest absolute Gasteiger partial charge is 0.258 e. The molecule has 0 atom stereocenters.